The van der Waals surface area contributed by atoms with Crippen molar-refractivity contribution in [3.63, 3.8) is 0 Å². The summed E-state index contributed by atoms with van der Waals surface area (Å²) < 4.78 is 0. The summed E-state index contributed by atoms with van der Waals surface area (Å²) in [5, 5.41) is 6.34. The average Bonchev–Trinajstić information content (AvgIpc) is 2.22. The van der Waals surface area contributed by atoms with Gasteiger partial charge in [0.05, 0.1) is 0 Å². The first-order valence-corrected chi connectivity index (χ1v) is 6.60. The molecule has 0 rings (SSSR count). The molecule has 1 amide bonds. The first-order valence-electron chi connectivity index (χ1n) is 6.60. The van der Waals surface area contributed by atoms with Gasteiger partial charge in [-0.1, -0.05) is 13.8 Å². The van der Waals surface area contributed by atoms with E-state index >= 15 is 0 Å². The van der Waals surface area contributed by atoms with Crippen molar-refractivity contribution >= 4 is 5.91 Å². The molecule has 0 spiro atoms. The second-order valence-electron chi connectivity index (χ2n) is 5.47. The Bertz CT molecular complexity index is 227. The third-order valence-electron chi connectivity index (χ3n) is 2.80. The van der Waals surface area contributed by atoms with Crippen LogP contribution in [0.5, 0.6) is 0 Å². The van der Waals surface area contributed by atoms with Gasteiger partial charge >= 0.3 is 0 Å². The van der Waals surface area contributed by atoms with Crippen molar-refractivity contribution in [2.75, 3.05) is 13.1 Å². The van der Waals surface area contributed by atoms with Crippen LogP contribution < -0.4 is 16.4 Å². The molecule has 0 aromatic heterocycles. The van der Waals surface area contributed by atoms with Crippen molar-refractivity contribution < 1.29 is 4.79 Å². The molecule has 0 aliphatic rings. The highest BCUT2D eigenvalue weighted by atomic mass is 16.2. The van der Waals surface area contributed by atoms with Crippen molar-refractivity contribution in [1.82, 2.24) is 10.6 Å². The van der Waals surface area contributed by atoms with Crippen molar-refractivity contribution in [3.8, 4) is 0 Å². The largest absolute Gasteiger partial charge is 0.350 e. The van der Waals surface area contributed by atoms with E-state index in [1.165, 1.54) is 0 Å². The zero-order valence-electron chi connectivity index (χ0n) is 12.0. The van der Waals surface area contributed by atoms with Gasteiger partial charge in [-0.25, -0.2) is 0 Å². The van der Waals surface area contributed by atoms with Crippen LogP contribution in [0.25, 0.3) is 0 Å². The summed E-state index contributed by atoms with van der Waals surface area (Å²) in [6.45, 7) is 11.8. The smallest absolute Gasteiger partial charge is 0.223 e. The lowest BCUT2D eigenvalue weighted by Crippen LogP contribution is -2.52. The van der Waals surface area contributed by atoms with Gasteiger partial charge in [0.1, 0.15) is 0 Å². The van der Waals surface area contributed by atoms with E-state index in [0.717, 1.165) is 25.9 Å². The normalized spacial score (nSPS) is 15.4. The molecule has 17 heavy (non-hydrogen) atoms. The molecule has 0 saturated heterocycles. The fourth-order valence-electron chi connectivity index (χ4n) is 1.83. The number of amides is 1. The van der Waals surface area contributed by atoms with Gasteiger partial charge in [-0.05, 0) is 40.2 Å². The van der Waals surface area contributed by atoms with Gasteiger partial charge in [-0.15, -0.1) is 0 Å². The van der Waals surface area contributed by atoms with Crippen LogP contribution in [0, 0.1) is 5.92 Å². The van der Waals surface area contributed by atoms with Crippen molar-refractivity contribution in [2.24, 2.45) is 11.7 Å². The highest BCUT2D eigenvalue weighted by molar-refractivity contribution is 5.79. The minimum atomic E-state index is -0.210. The molecule has 0 heterocycles. The van der Waals surface area contributed by atoms with E-state index in [1.807, 2.05) is 27.7 Å². The van der Waals surface area contributed by atoms with E-state index in [-0.39, 0.29) is 23.4 Å². The van der Waals surface area contributed by atoms with Gasteiger partial charge < -0.3 is 16.4 Å². The van der Waals surface area contributed by atoms with Crippen LogP contribution in [0.3, 0.4) is 0 Å². The molecule has 4 nitrogen and oxygen atoms in total. The molecule has 0 radical (unpaired) electrons. The molecule has 0 aromatic rings. The lowest BCUT2D eigenvalue weighted by Gasteiger charge is -2.29. The van der Waals surface area contributed by atoms with Gasteiger partial charge in [-0.2, -0.15) is 0 Å². The molecular weight excluding hydrogens is 214 g/mol. The maximum atomic E-state index is 12.1. The number of nitrogens with one attached hydrogen (secondary N) is 2. The lowest BCUT2D eigenvalue weighted by atomic mass is 9.95. The predicted molar refractivity (Wildman–Crippen MR) is 72.8 cm³/mol. The lowest BCUT2D eigenvalue weighted by molar-refractivity contribution is -0.127. The predicted octanol–water partition coefficient (Wildman–Crippen LogP) is 1.25. The maximum absolute atomic E-state index is 12.1. The SMILES string of the molecule is CCNCC(C)(C)NC(=O)C(CC)CC(C)N. The third-order valence-corrected chi connectivity index (χ3v) is 2.80. The molecule has 4 N–H and O–H groups in total. The van der Waals surface area contributed by atoms with E-state index < -0.39 is 0 Å². The number of hydrogen-bond donors (Lipinski definition) is 3. The summed E-state index contributed by atoms with van der Waals surface area (Å²) >= 11 is 0. The summed E-state index contributed by atoms with van der Waals surface area (Å²) in [4.78, 5) is 12.1. The zero-order valence-corrected chi connectivity index (χ0v) is 12.0. The van der Waals surface area contributed by atoms with E-state index in [2.05, 4.69) is 17.6 Å². The Morgan fingerprint density at radius 3 is 2.35 bits per heavy atom. The molecular formula is C13H29N3O. The van der Waals surface area contributed by atoms with Gasteiger partial charge in [0.2, 0.25) is 5.91 Å². The maximum Gasteiger partial charge on any atom is 0.223 e. The third kappa shape index (κ3) is 7.34. The average molecular weight is 243 g/mol. The topological polar surface area (TPSA) is 67.1 Å². The Labute approximate surface area is 106 Å². The van der Waals surface area contributed by atoms with Crippen LogP contribution in [0.1, 0.15) is 47.5 Å². The number of likely N-dealkylation sites (N-methyl/N-ethyl adjacent to an activating group) is 1. The first-order chi connectivity index (χ1) is 7.82. The second-order valence-corrected chi connectivity index (χ2v) is 5.47. The number of rotatable bonds is 8. The summed E-state index contributed by atoms with van der Waals surface area (Å²) in [6.07, 6.45) is 1.59. The van der Waals surface area contributed by atoms with Crippen LogP contribution in [0.2, 0.25) is 0 Å². The molecule has 0 aliphatic carbocycles. The van der Waals surface area contributed by atoms with Crippen LogP contribution in [0.4, 0.5) is 0 Å². The van der Waals surface area contributed by atoms with E-state index in [0.29, 0.717) is 0 Å². The molecule has 0 aliphatic heterocycles. The molecule has 0 bridgehead atoms. The Kier molecular flexibility index (Phi) is 7.39. The molecule has 102 valence electrons. The van der Waals surface area contributed by atoms with Crippen LogP contribution in [0.15, 0.2) is 0 Å². The number of carbonyl (C=O) groups is 1. The summed E-state index contributed by atoms with van der Waals surface area (Å²) in [5.41, 5.74) is 5.55. The summed E-state index contributed by atoms with van der Waals surface area (Å²) in [6, 6.07) is 0.0718. The van der Waals surface area contributed by atoms with Crippen molar-refractivity contribution in [2.45, 2.75) is 59.0 Å². The standard InChI is InChI=1S/C13H29N3O/c1-6-11(8-10(3)14)12(17)16-13(4,5)9-15-7-2/h10-11,15H,6-9,14H2,1-5H3,(H,16,17). The monoisotopic (exact) mass is 243 g/mol. The quantitative estimate of drug-likeness (QED) is 0.601. The molecule has 2 unspecified atom stereocenters. The van der Waals surface area contributed by atoms with Gasteiger partial charge in [0.15, 0.2) is 0 Å². The van der Waals surface area contributed by atoms with Gasteiger partial charge in [0.25, 0.3) is 0 Å². The molecule has 0 aromatic carbocycles. The second kappa shape index (κ2) is 7.67. The van der Waals surface area contributed by atoms with E-state index in [9.17, 15) is 4.79 Å². The van der Waals surface area contributed by atoms with Crippen molar-refractivity contribution in [3.05, 3.63) is 0 Å². The first kappa shape index (κ1) is 16.4. The Hall–Kier alpha value is -0.610. The van der Waals surface area contributed by atoms with Gasteiger partial charge in [-0.3, -0.25) is 4.79 Å². The Morgan fingerprint density at radius 1 is 1.35 bits per heavy atom. The van der Waals surface area contributed by atoms with Crippen molar-refractivity contribution in [1.29, 1.82) is 0 Å². The van der Waals surface area contributed by atoms with E-state index in [1.54, 1.807) is 0 Å². The Balaban J connectivity index is 4.28. The number of carbonyl (C=O) groups excluding carboxylic acids is 1. The highest BCUT2D eigenvalue weighted by Gasteiger charge is 2.25. The molecule has 0 saturated carbocycles. The number of nitrogens with two attached hydrogens (primary N) is 1. The van der Waals surface area contributed by atoms with Crippen LogP contribution >= 0.6 is 0 Å². The highest BCUT2D eigenvalue weighted by Crippen LogP contribution is 2.12. The van der Waals surface area contributed by atoms with Gasteiger partial charge in [0, 0.05) is 24.0 Å². The zero-order chi connectivity index (χ0) is 13.5. The minimum Gasteiger partial charge on any atom is -0.350 e. The van der Waals surface area contributed by atoms with E-state index in [4.69, 9.17) is 5.73 Å². The molecule has 0 fully saturated rings. The number of hydrogen-bond acceptors (Lipinski definition) is 3. The Morgan fingerprint density at radius 2 is 1.94 bits per heavy atom. The summed E-state index contributed by atoms with van der Waals surface area (Å²) in [5.74, 6) is 0.142. The fraction of sp³-hybridized carbons (Fsp3) is 0.923. The molecule has 4 heteroatoms. The summed E-state index contributed by atoms with van der Waals surface area (Å²) in [7, 11) is 0. The fourth-order valence-corrected chi connectivity index (χ4v) is 1.83. The van der Waals surface area contributed by atoms with Crippen LogP contribution in [-0.2, 0) is 4.79 Å². The molecule has 2 atom stereocenters. The van der Waals surface area contributed by atoms with Crippen LogP contribution in [-0.4, -0.2) is 30.6 Å². The minimum absolute atomic E-state index is 0.0240.